The molecule has 2 aromatic rings. The second-order valence-electron chi connectivity index (χ2n) is 6.05. The normalized spacial score (nSPS) is 11.0. The summed E-state index contributed by atoms with van der Waals surface area (Å²) in [5.41, 5.74) is 0.0124. The highest BCUT2D eigenvalue weighted by molar-refractivity contribution is 5.62. The lowest BCUT2D eigenvalue weighted by atomic mass is 10.0. The number of nitrogens with zero attached hydrogens (tertiary/aromatic N) is 3. The van der Waals surface area contributed by atoms with Crippen LogP contribution in [0.5, 0.6) is 0 Å². The van der Waals surface area contributed by atoms with Crippen LogP contribution in [0.4, 0.5) is 13.2 Å². The largest absolute Gasteiger partial charge is 0.315 e. The Hall–Kier alpha value is -2.46. The minimum atomic E-state index is -1.23. The van der Waals surface area contributed by atoms with Gasteiger partial charge in [-0.25, -0.2) is 23.1 Å². The summed E-state index contributed by atoms with van der Waals surface area (Å²) in [6.07, 6.45) is 1.31. The molecule has 132 valence electrons. The molecule has 0 atom stereocenters. The van der Waals surface area contributed by atoms with Crippen LogP contribution in [0.1, 0.15) is 37.4 Å². The maximum Gasteiger partial charge on any atom is 0.232 e. The van der Waals surface area contributed by atoms with Gasteiger partial charge in [-0.05, 0) is 38.4 Å². The first-order valence-electron chi connectivity index (χ1n) is 7.99. The van der Waals surface area contributed by atoms with Gasteiger partial charge < -0.3 is 5.32 Å². The summed E-state index contributed by atoms with van der Waals surface area (Å²) in [6, 6.07) is 4.44. The molecule has 0 aliphatic heterocycles. The van der Waals surface area contributed by atoms with E-state index in [0.29, 0.717) is 18.2 Å². The van der Waals surface area contributed by atoms with Gasteiger partial charge >= 0.3 is 0 Å². The summed E-state index contributed by atoms with van der Waals surface area (Å²) in [5.74, 6) is -3.41. The molecule has 0 saturated carbocycles. The van der Waals surface area contributed by atoms with Crippen molar-refractivity contribution in [3.05, 3.63) is 46.7 Å². The lowest BCUT2D eigenvalue weighted by Crippen LogP contribution is -2.24. The highest BCUT2D eigenvalue weighted by Gasteiger charge is 2.18. The lowest BCUT2D eigenvalue weighted by molar-refractivity contribution is 0.487. The molecule has 2 rings (SSSR count). The van der Waals surface area contributed by atoms with Crippen LogP contribution in [-0.2, 0) is 6.42 Å². The van der Waals surface area contributed by atoms with Crippen molar-refractivity contribution < 1.29 is 13.2 Å². The second kappa shape index (κ2) is 8.08. The maximum absolute atomic E-state index is 14.3. The fourth-order valence-electron chi connectivity index (χ4n) is 2.39. The molecule has 0 bridgehead atoms. The van der Waals surface area contributed by atoms with Crippen LogP contribution < -0.4 is 5.32 Å². The fourth-order valence-corrected chi connectivity index (χ4v) is 2.39. The Kier molecular flexibility index (Phi) is 6.10. The summed E-state index contributed by atoms with van der Waals surface area (Å²) in [7, 11) is 0. The van der Waals surface area contributed by atoms with Crippen LogP contribution in [0.2, 0.25) is 0 Å². The zero-order valence-corrected chi connectivity index (χ0v) is 14.3. The molecular formula is C18H19F3N4. The van der Waals surface area contributed by atoms with Crippen molar-refractivity contribution in [2.75, 3.05) is 6.54 Å². The Morgan fingerprint density at radius 1 is 1.16 bits per heavy atom. The van der Waals surface area contributed by atoms with Crippen molar-refractivity contribution in [1.29, 1.82) is 5.26 Å². The summed E-state index contributed by atoms with van der Waals surface area (Å²) >= 11 is 0. The van der Waals surface area contributed by atoms with E-state index in [1.807, 2.05) is 19.9 Å². The number of halogens is 3. The fraction of sp³-hybridized carbons (Fsp3) is 0.389. The topological polar surface area (TPSA) is 61.6 Å². The number of rotatable bonds is 6. The molecule has 25 heavy (non-hydrogen) atoms. The molecule has 0 fully saturated rings. The van der Waals surface area contributed by atoms with E-state index >= 15 is 0 Å². The van der Waals surface area contributed by atoms with Gasteiger partial charge in [-0.3, -0.25) is 0 Å². The number of nitriles is 1. The van der Waals surface area contributed by atoms with Gasteiger partial charge in [0.2, 0.25) is 5.82 Å². The summed E-state index contributed by atoms with van der Waals surface area (Å²) < 4.78 is 41.5. The average Bonchev–Trinajstić information content (AvgIpc) is 2.59. The van der Waals surface area contributed by atoms with E-state index in [0.717, 1.165) is 26.0 Å². The molecule has 0 spiro atoms. The third-order valence-electron chi connectivity index (χ3n) is 3.69. The molecule has 0 radical (unpaired) electrons. The van der Waals surface area contributed by atoms with E-state index in [1.165, 1.54) is 6.07 Å². The Morgan fingerprint density at radius 2 is 1.88 bits per heavy atom. The van der Waals surface area contributed by atoms with E-state index in [4.69, 9.17) is 5.26 Å². The number of aromatic nitrogens is 2. The Bertz CT molecular complexity index is 813. The standard InChI is InChI=1S/C18H19F3N4/c1-10(2)23-6-4-5-12-7-15(25-16(9-22)24-12)13-8-14(19)18(21)11(3)17(13)20/h7-8,10,23H,4-6H2,1-3H3. The third-order valence-corrected chi connectivity index (χ3v) is 3.69. The van der Waals surface area contributed by atoms with Gasteiger partial charge in [0.15, 0.2) is 11.6 Å². The molecular weight excluding hydrogens is 329 g/mol. The number of hydrogen-bond donors (Lipinski definition) is 1. The molecule has 7 heteroatoms. The Balaban J connectivity index is 2.36. The number of nitrogens with one attached hydrogen (secondary N) is 1. The molecule has 0 aliphatic rings. The predicted octanol–water partition coefficient (Wildman–Crippen LogP) is 3.67. The first kappa shape index (κ1) is 18.9. The third kappa shape index (κ3) is 4.54. The SMILES string of the molecule is Cc1c(F)c(F)cc(-c2cc(CCCNC(C)C)nc(C#N)n2)c1F. The second-order valence-corrected chi connectivity index (χ2v) is 6.05. The van der Waals surface area contributed by atoms with Crippen LogP contribution in [0, 0.1) is 35.7 Å². The monoisotopic (exact) mass is 348 g/mol. The average molecular weight is 348 g/mol. The van der Waals surface area contributed by atoms with Crippen molar-refractivity contribution >= 4 is 0 Å². The highest BCUT2D eigenvalue weighted by atomic mass is 19.2. The van der Waals surface area contributed by atoms with Crippen LogP contribution >= 0.6 is 0 Å². The van der Waals surface area contributed by atoms with Crippen LogP contribution in [-0.4, -0.2) is 22.6 Å². The maximum atomic E-state index is 14.3. The van der Waals surface area contributed by atoms with E-state index < -0.39 is 23.0 Å². The van der Waals surface area contributed by atoms with Crippen LogP contribution in [0.25, 0.3) is 11.3 Å². The van der Waals surface area contributed by atoms with Crippen molar-refractivity contribution in [2.45, 2.75) is 39.7 Å². The predicted molar refractivity (Wildman–Crippen MR) is 88.3 cm³/mol. The van der Waals surface area contributed by atoms with Crippen LogP contribution in [0.3, 0.4) is 0 Å². The van der Waals surface area contributed by atoms with E-state index in [2.05, 4.69) is 15.3 Å². The molecule has 1 N–H and O–H groups in total. The number of aryl methyl sites for hydroxylation is 1. The van der Waals surface area contributed by atoms with Crippen molar-refractivity contribution in [3.8, 4) is 17.3 Å². The Labute approximate surface area is 144 Å². The van der Waals surface area contributed by atoms with E-state index in [9.17, 15) is 13.2 Å². The van der Waals surface area contributed by atoms with Gasteiger partial charge in [-0.1, -0.05) is 13.8 Å². The molecule has 1 aromatic carbocycles. The minimum absolute atomic E-state index is 0.0675. The van der Waals surface area contributed by atoms with Crippen molar-refractivity contribution in [2.24, 2.45) is 0 Å². The number of hydrogen-bond acceptors (Lipinski definition) is 4. The van der Waals surface area contributed by atoms with Crippen molar-refractivity contribution in [3.63, 3.8) is 0 Å². The Morgan fingerprint density at radius 3 is 2.52 bits per heavy atom. The van der Waals surface area contributed by atoms with E-state index in [-0.39, 0.29) is 17.1 Å². The van der Waals surface area contributed by atoms with Gasteiger partial charge in [-0.15, -0.1) is 0 Å². The summed E-state index contributed by atoms with van der Waals surface area (Å²) in [4.78, 5) is 8.03. The van der Waals surface area contributed by atoms with Gasteiger partial charge in [0.25, 0.3) is 0 Å². The van der Waals surface area contributed by atoms with Gasteiger partial charge in [-0.2, -0.15) is 5.26 Å². The smallest absolute Gasteiger partial charge is 0.232 e. The lowest BCUT2D eigenvalue weighted by Gasteiger charge is -2.10. The van der Waals surface area contributed by atoms with E-state index in [1.54, 1.807) is 0 Å². The molecule has 0 unspecified atom stereocenters. The molecule has 0 aliphatic carbocycles. The molecule has 1 heterocycles. The molecule has 0 saturated heterocycles. The van der Waals surface area contributed by atoms with Gasteiger partial charge in [0.05, 0.1) is 5.69 Å². The van der Waals surface area contributed by atoms with Crippen molar-refractivity contribution in [1.82, 2.24) is 15.3 Å². The zero-order chi connectivity index (χ0) is 18.6. The molecule has 0 amide bonds. The highest BCUT2D eigenvalue weighted by Crippen LogP contribution is 2.27. The zero-order valence-electron chi connectivity index (χ0n) is 14.3. The first-order valence-corrected chi connectivity index (χ1v) is 7.99. The van der Waals surface area contributed by atoms with Gasteiger partial charge in [0.1, 0.15) is 11.9 Å². The molecule has 4 nitrogen and oxygen atoms in total. The number of benzene rings is 1. The minimum Gasteiger partial charge on any atom is -0.315 e. The quantitative estimate of drug-likeness (QED) is 0.639. The van der Waals surface area contributed by atoms with Gasteiger partial charge in [0, 0.05) is 22.9 Å². The first-order chi connectivity index (χ1) is 11.8. The van der Waals surface area contributed by atoms with Crippen LogP contribution in [0.15, 0.2) is 12.1 Å². The summed E-state index contributed by atoms with van der Waals surface area (Å²) in [5, 5.41) is 12.3. The molecule has 1 aromatic heterocycles. The summed E-state index contributed by atoms with van der Waals surface area (Å²) in [6.45, 7) is 5.98.